The smallest absolute Gasteiger partial charge is 0.289 e. The van der Waals surface area contributed by atoms with Crippen molar-refractivity contribution in [2.45, 2.75) is 26.0 Å². The molecule has 0 spiro atoms. The van der Waals surface area contributed by atoms with E-state index in [1.54, 1.807) is 0 Å². The van der Waals surface area contributed by atoms with Gasteiger partial charge in [0, 0.05) is 6.61 Å². The second-order valence-electron chi connectivity index (χ2n) is 2.18. The van der Waals surface area contributed by atoms with Gasteiger partial charge in [0.25, 0.3) is 6.92 Å². The van der Waals surface area contributed by atoms with Crippen LogP contribution in [0.4, 0.5) is 0 Å². The summed E-state index contributed by atoms with van der Waals surface area (Å²) in [6.07, 6.45) is 3.89. The summed E-state index contributed by atoms with van der Waals surface area (Å²) in [6, 6.07) is 0. The lowest BCUT2D eigenvalue weighted by atomic mass is 9.65. The molecule has 7 heavy (non-hydrogen) atoms. The molecule has 0 atom stereocenters. The van der Waals surface area contributed by atoms with E-state index in [2.05, 4.69) is 6.82 Å². The predicted molar refractivity (Wildman–Crippen MR) is 31.6 cm³/mol. The highest BCUT2D eigenvalue weighted by molar-refractivity contribution is 6.50. The van der Waals surface area contributed by atoms with E-state index in [0.29, 0.717) is 6.92 Å². The second-order valence-corrected chi connectivity index (χ2v) is 2.18. The highest BCUT2D eigenvalue weighted by Crippen LogP contribution is 2.09. The quantitative estimate of drug-likeness (QED) is 0.416. The van der Waals surface area contributed by atoms with Crippen molar-refractivity contribution in [2.75, 3.05) is 6.61 Å². The van der Waals surface area contributed by atoms with Gasteiger partial charge in [-0.15, -0.1) is 0 Å². The van der Waals surface area contributed by atoms with Gasteiger partial charge >= 0.3 is 0 Å². The number of hydrogen-bond donors (Lipinski definition) is 0. The first-order chi connectivity index (χ1) is 3.39. The molecule has 1 nitrogen and oxygen atoms in total. The average Bonchev–Trinajstić information content (AvgIpc) is 1.69. The van der Waals surface area contributed by atoms with Crippen molar-refractivity contribution in [1.29, 1.82) is 0 Å². The lowest BCUT2D eigenvalue weighted by molar-refractivity contribution is 0.291. The number of hydrogen-bond acceptors (Lipinski definition) is 1. The Morgan fingerprint density at radius 2 is 2.29 bits per heavy atom. The Balaban J connectivity index is 2.12. The Bertz CT molecular complexity index is 50.0. The van der Waals surface area contributed by atoms with Crippen LogP contribution in [-0.4, -0.2) is 13.5 Å². The van der Waals surface area contributed by atoms with Crippen LogP contribution < -0.4 is 0 Å². The molecular formula is C5H11BO. The summed E-state index contributed by atoms with van der Waals surface area (Å²) in [5.41, 5.74) is 0. The van der Waals surface area contributed by atoms with Crippen LogP contribution in [0.5, 0.6) is 0 Å². The maximum Gasteiger partial charge on any atom is 0.289 e. The molecule has 1 rings (SSSR count). The van der Waals surface area contributed by atoms with Crippen LogP contribution >= 0.6 is 0 Å². The fraction of sp³-hybridized carbons (Fsp3) is 1.00. The van der Waals surface area contributed by atoms with Gasteiger partial charge in [-0.25, -0.2) is 0 Å². The topological polar surface area (TPSA) is 9.23 Å². The van der Waals surface area contributed by atoms with Gasteiger partial charge < -0.3 is 4.65 Å². The Hall–Kier alpha value is 0.0249. The molecule has 40 valence electrons. The normalized spacial score (nSPS) is 22.7. The molecule has 0 aromatic heterocycles. The summed E-state index contributed by atoms with van der Waals surface area (Å²) < 4.78 is 5.28. The molecule has 1 heterocycles. The fourth-order valence-electron chi connectivity index (χ4n) is 0.902. The summed E-state index contributed by atoms with van der Waals surface area (Å²) in [5.74, 6) is 0. The van der Waals surface area contributed by atoms with E-state index in [4.69, 9.17) is 4.65 Å². The molecule has 0 unspecified atom stereocenters. The van der Waals surface area contributed by atoms with Crippen molar-refractivity contribution in [3.05, 3.63) is 0 Å². The van der Waals surface area contributed by atoms with Crippen LogP contribution in [0.15, 0.2) is 0 Å². The van der Waals surface area contributed by atoms with E-state index in [0.717, 1.165) is 6.61 Å². The summed E-state index contributed by atoms with van der Waals surface area (Å²) in [5, 5.41) is 0. The first-order valence-electron chi connectivity index (χ1n) is 3.01. The first-order valence-corrected chi connectivity index (χ1v) is 3.01. The van der Waals surface area contributed by atoms with Crippen molar-refractivity contribution in [3.8, 4) is 0 Å². The molecule has 1 aliphatic rings. The molecule has 0 aromatic carbocycles. The fourth-order valence-corrected chi connectivity index (χ4v) is 0.902. The largest absolute Gasteiger partial charge is 0.436 e. The van der Waals surface area contributed by atoms with Gasteiger partial charge in [0.05, 0.1) is 0 Å². The Morgan fingerprint density at radius 3 is 2.57 bits per heavy atom. The molecule has 2 heteroatoms. The first kappa shape index (κ1) is 5.17. The van der Waals surface area contributed by atoms with Gasteiger partial charge in [-0.2, -0.15) is 0 Å². The molecule has 0 amide bonds. The lowest BCUT2D eigenvalue weighted by Gasteiger charge is -2.14. The van der Waals surface area contributed by atoms with Crippen LogP contribution in [0.2, 0.25) is 13.1 Å². The molecule has 0 radical (unpaired) electrons. The van der Waals surface area contributed by atoms with E-state index >= 15 is 0 Å². The molecule has 1 fully saturated rings. The third kappa shape index (κ3) is 1.52. The van der Waals surface area contributed by atoms with Crippen molar-refractivity contribution < 1.29 is 4.65 Å². The van der Waals surface area contributed by atoms with E-state index in [1.165, 1.54) is 19.2 Å². The second kappa shape index (κ2) is 2.36. The summed E-state index contributed by atoms with van der Waals surface area (Å²) >= 11 is 0. The van der Waals surface area contributed by atoms with Crippen LogP contribution in [0, 0.1) is 0 Å². The summed E-state index contributed by atoms with van der Waals surface area (Å²) in [7, 11) is 0. The van der Waals surface area contributed by atoms with E-state index in [9.17, 15) is 0 Å². The van der Waals surface area contributed by atoms with Crippen LogP contribution in [-0.2, 0) is 4.65 Å². The van der Waals surface area contributed by atoms with Crippen LogP contribution in [0.25, 0.3) is 0 Å². The third-order valence-corrected chi connectivity index (χ3v) is 1.41. The zero-order valence-corrected chi connectivity index (χ0v) is 4.81. The van der Waals surface area contributed by atoms with Crippen molar-refractivity contribution in [2.24, 2.45) is 0 Å². The SMILES string of the molecule is CB1CCCCO1. The highest BCUT2D eigenvalue weighted by Gasteiger charge is 2.11. The predicted octanol–water partition coefficient (Wildman–Crippen LogP) is 1.42. The van der Waals surface area contributed by atoms with E-state index < -0.39 is 0 Å². The van der Waals surface area contributed by atoms with Gasteiger partial charge in [0.15, 0.2) is 0 Å². The molecule has 0 saturated carbocycles. The molecule has 1 saturated heterocycles. The minimum absolute atomic E-state index is 0.536. The highest BCUT2D eigenvalue weighted by atomic mass is 16.4. The summed E-state index contributed by atoms with van der Waals surface area (Å²) in [4.78, 5) is 0. The molecule has 0 aromatic rings. The monoisotopic (exact) mass is 98.1 g/mol. The summed E-state index contributed by atoms with van der Waals surface area (Å²) in [6.45, 7) is 3.66. The van der Waals surface area contributed by atoms with Crippen molar-refractivity contribution >= 4 is 6.92 Å². The Morgan fingerprint density at radius 1 is 1.43 bits per heavy atom. The average molecular weight is 98.0 g/mol. The zero-order chi connectivity index (χ0) is 5.11. The van der Waals surface area contributed by atoms with Crippen LogP contribution in [0.3, 0.4) is 0 Å². The maximum absolute atomic E-state index is 5.28. The Labute approximate surface area is 45.2 Å². The standard InChI is InChI=1S/C5H11BO/c1-6-4-2-3-5-7-6/h2-5H2,1H3. The Kier molecular flexibility index (Phi) is 1.74. The third-order valence-electron chi connectivity index (χ3n) is 1.41. The van der Waals surface area contributed by atoms with Gasteiger partial charge in [0.1, 0.15) is 0 Å². The van der Waals surface area contributed by atoms with Gasteiger partial charge in [0.2, 0.25) is 0 Å². The molecular weight excluding hydrogens is 86.9 g/mol. The van der Waals surface area contributed by atoms with Gasteiger partial charge in [-0.1, -0.05) is 13.2 Å². The van der Waals surface area contributed by atoms with E-state index in [1.807, 2.05) is 0 Å². The molecule has 1 aliphatic heterocycles. The minimum atomic E-state index is 0.536. The maximum atomic E-state index is 5.28. The minimum Gasteiger partial charge on any atom is -0.436 e. The molecule has 0 bridgehead atoms. The van der Waals surface area contributed by atoms with E-state index in [-0.39, 0.29) is 0 Å². The molecule has 0 N–H and O–H groups in total. The zero-order valence-electron chi connectivity index (χ0n) is 4.81. The number of rotatable bonds is 0. The van der Waals surface area contributed by atoms with Gasteiger partial charge in [-0.05, 0) is 12.7 Å². The van der Waals surface area contributed by atoms with Crippen molar-refractivity contribution in [3.63, 3.8) is 0 Å². The van der Waals surface area contributed by atoms with Gasteiger partial charge in [-0.3, -0.25) is 0 Å². The lowest BCUT2D eigenvalue weighted by Crippen LogP contribution is -2.18. The van der Waals surface area contributed by atoms with Crippen LogP contribution in [0.1, 0.15) is 12.8 Å². The van der Waals surface area contributed by atoms with Crippen molar-refractivity contribution in [1.82, 2.24) is 0 Å². The molecule has 0 aliphatic carbocycles.